The second-order valence-corrected chi connectivity index (χ2v) is 6.80. The SMILES string of the molecule is CCC1CCC(CNc2nccn(CC(C)C)c2=O)CC1. The average Bonchev–Trinajstić information content (AvgIpc) is 2.48. The molecule has 0 spiro atoms. The highest BCUT2D eigenvalue weighted by Crippen LogP contribution is 2.30. The van der Waals surface area contributed by atoms with Crippen LogP contribution in [0.2, 0.25) is 0 Å². The number of rotatable bonds is 6. The lowest BCUT2D eigenvalue weighted by Gasteiger charge is -2.27. The number of anilines is 1. The highest BCUT2D eigenvalue weighted by molar-refractivity contribution is 5.30. The van der Waals surface area contributed by atoms with E-state index in [1.54, 1.807) is 17.0 Å². The summed E-state index contributed by atoms with van der Waals surface area (Å²) in [6, 6.07) is 0. The van der Waals surface area contributed by atoms with E-state index in [2.05, 4.69) is 31.1 Å². The van der Waals surface area contributed by atoms with Gasteiger partial charge >= 0.3 is 0 Å². The normalized spacial score (nSPS) is 22.5. The Morgan fingerprint density at radius 1 is 1.29 bits per heavy atom. The first-order valence-electron chi connectivity index (χ1n) is 8.39. The third kappa shape index (κ3) is 4.58. The van der Waals surface area contributed by atoms with E-state index in [9.17, 15) is 4.79 Å². The molecule has 0 aromatic carbocycles. The van der Waals surface area contributed by atoms with Gasteiger partial charge in [0.1, 0.15) is 0 Å². The molecule has 1 aromatic heterocycles. The van der Waals surface area contributed by atoms with Gasteiger partial charge in [-0.25, -0.2) is 4.98 Å². The number of nitrogens with zero attached hydrogens (tertiary/aromatic N) is 2. The summed E-state index contributed by atoms with van der Waals surface area (Å²) in [5.41, 5.74) is 0.00782. The maximum absolute atomic E-state index is 12.3. The second-order valence-electron chi connectivity index (χ2n) is 6.80. The molecule has 0 unspecified atom stereocenters. The lowest BCUT2D eigenvalue weighted by Crippen LogP contribution is -2.28. The van der Waals surface area contributed by atoms with E-state index in [0.29, 0.717) is 17.7 Å². The molecule has 0 amide bonds. The van der Waals surface area contributed by atoms with Crippen LogP contribution in [0.15, 0.2) is 17.2 Å². The van der Waals surface area contributed by atoms with Crippen molar-refractivity contribution >= 4 is 5.82 Å². The number of hydrogen-bond acceptors (Lipinski definition) is 3. The molecule has 21 heavy (non-hydrogen) atoms. The highest BCUT2D eigenvalue weighted by atomic mass is 16.1. The van der Waals surface area contributed by atoms with E-state index in [1.165, 1.54) is 32.1 Å². The fourth-order valence-electron chi connectivity index (χ4n) is 3.19. The second kappa shape index (κ2) is 7.62. The Morgan fingerprint density at radius 2 is 1.95 bits per heavy atom. The molecule has 1 fully saturated rings. The maximum Gasteiger partial charge on any atom is 0.293 e. The molecule has 1 N–H and O–H groups in total. The largest absolute Gasteiger partial charge is 0.365 e. The van der Waals surface area contributed by atoms with E-state index in [-0.39, 0.29) is 5.56 Å². The Hall–Kier alpha value is -1.32. The first-order valence-corrected chi connectivity index (χ1v) is 8.39. The lowest BCUT2D eigenvalue weighted by molar-refractivity contribution is 0.278. The van der Waals surface area contributed by atoms with Gasteiger partial charge in [0.15, 0.2) is 5.82 Å². The van der Waals surface area contributed by atoms with Crippen molar-refractivity contribution < 1.29 is 0 Å². The molecule has 0 aliphatic heterocycles. The van der Waals surface area contributed by atoms with Gasteiger partial charge in [0.05, 0.1) is 0 Å². The van der Waals surface area contributed by atoms with Crippen LogP contribution in [0.5, 0.6) is 0 Å². The Kier molecular flexibility index (Phi) is 5.83. The van der Waals surface area contributed by atoms with Gasteiger partial charge < -0.3 is 9.88 Å². The predicted octanol–water partition coefficient (Wildman–Crippen LogP) is 3.53. The minimum absolute atomic E-state index is 0.00782. The van der Waals surface area contributed by atoms with Crippen molar-refractivity contribution in [3.63, 3.8) is 0 Å². The number of nitrogens with one attached hydrogen (secondary N) is 1. The third-order valence-electron chi connectivity index (χ3n) is 4.58. The van der Waals surface area contributed by atoms with Gasteiger partial charge in [0, 0.05) is 25.5 Å². The van der Waals surface area contributed by atoms with Gasteiger partial charge in [-0.2, -0.15) is 0 Å². The van der Waals surface area contributed by atoms with Crippen LogP contribution in [0.1, 0.15) is 52.9 Å². The fraction of sp³-hybridized carbons (Fsp3) is 0.765. The quantitative estimate of drug-likeness (QED) is 0.872. The Labute approximate surface area is 128 Å². The van der Waals surface area contributed by atoms with Crippen LogP contribution in [0, 0.1) is 17.8 Å². The Morgan fingerprint density at radius 3 is 2.57 bits per heavy atom. The summed E-state index contributed by atoms with van der Waals surface area (Å²) in [7, 11) is 0. The Bertz CT molecular complexity index is 487. The number of hydrogen-bond donors (Lipinski definition) is 1. The zero-order valence-corrected chi connectivity index (χ0v) is 13.6. The summed E-state index contributed by atoms with van der Waals surface area (Å²) in [6.45, 7) is 8.15. The molecule has 0 saturated heterocycles. The first kappa shape index (κ1) is 16.1. The molecule has 0 bridgehead atoms. The smallest absolute Gasteiger partial charge is 0.293 e. The standard InChI is InChI=1S/C17H29N3O/c1-4-14-5-7-15(8-6-14)11-19-16-17(21)20(10-9-18-16)12-13(2)3/h9-10,13-15H,4-8,11-12H2,1-3H3,(H,18,19). The monoisotopic (exact) mass is 291 g/mol. The van der Waals surface area contributed by atoms with E-state index >= 15 is 0 Å². The van der Waals surface area contributed by atoms with Crippen LogP contribution >= 0.6 is 0 Å². The van der Waals surface area contributed by atoms with Crippen LogP contribution in [-0.4, -0.2) is 16.1 Å². The summed E-state index contributed by atoms with van der Waals surface area (Å²) < 4.78 is 1.76. The number of aromatic nitrogens is 2. The van der Waals surface area contributed by atoms with Crippen molar-refractivity contribution in [2.75, 3.05) is 11.9 Å². The van der Waals surface area contributed by atoms with Crippen LogP contribution < -0.4 is 10.9 Å². The molecule has 4 nitrogen and oxygen atoms in total. The van der Waals surface area contributed by atoms with E-state index < -0.39 is 0 Å². The fourth-order valence-corrected chi connectivity index (χ4v) is 3.19. The molecule has 1 saturated carbocycles. The summed E-state index contributed by atoms with van der Waals surface area (Å²) in [6.07, 6.45) is 10.0. The van der Waals surface area contributed by atoms with Crippen LogP contribution in [0.4, 0.5) is 5.82 Å². The molecule has 1 aliphatic carbocycles. The van der Waals surface area contributed by atoms with Gasteiger partial charge in [-0.3, -0.25) is 4.79 Å². The van der Waals surface area contributed by atoms with Gasteiger partial charge in [0.2, 0.25) is 0 Å². The van der Waals surface area contributed by atoms with Gasteiger partial charge in [-0.1, -0.05) is 40.0 Å². The van der Waals surface area contributed by atoms with Crippen LogP contribution in [-0.2, 0) is 6.54 Å². The molecular weight excluding hydrogens is 262 g/mol. The summed E-state index contributed by atoms with van der Waals surface area (Å²) in [5, 5.41) is 3.28. The molecule has 0 atom stereocenters. The van der Waals surface area contributed by atoms with E-state index in [1.807, 2.05) is 0 Å². The predicted molar refractivity (Wildman–Crippen MR) is 87.6 cm³/mol. The van der Waals surface area contributed by atoms with Crippen molar-refractivity contribution in [1.82, 2.24) is 9.55 Å². The molecule has 0 radical (unpaired) electrons. The first-order chi connectivity index (χ1) is 10.1. The molecule has 4 heteroatoms. The molecular formula is C17H29N3O. The third-order valence-corrected chi connectivity index (χ3v) is 4.58. The van der Waals surface area contributed by atoms with Gasteiger partial charge in [0.25, 0.3) is 5.56 Å². The van der Waals surface area contributed by atoms with Crippen molar-refractivity contribution in [2.24, 2.45) is 17.8 Å². The molecule has 1 aromatic rings. The van der Waals surface area contributed by atoms with Crippen LogP contribution in [0.25, 0.3) is 0 Å². The Balaban J connectivity index is 1.90. The molecule has 1 aliphatic rings. The van der Waals surface area contributed by atoms with Crippen molar-refractivity contribution in [3.8, 4) is 0 Å². The van der Waals surface area contributed by atoms with Gasteiger partial charge in [-0.15, -0.1) is 0 Å². The van der Waals surface area contributed by atoms with Gasteiger partial charge in [-0.05, 0) is 30.6 Å². The minimum atomic E-state index is 0.00782. The topological polar surface area (TPSA) is 46.9 Å². The maximum atomic E-state index is 12.3. The van der Waals surface area contributed by atoms with Crippen molar-refractivity contribution in [3.05, 3.63) is 22.7 Å². The molecule has 118 valence electrons. The minimum Gasteiger partial charge on any atom is -0.365 e. The van der Waals surface area contributed by atoms with Crippen molar-refractivity contribution in [1.29, 1.82) is 0 Å². The highest BCUT2D eigenvalue weighted by Gasteiger charge is 2.20. The zero-order chi connectivity index (χ0) is 15.2. The molecule has 2 rings (SSSR count). The average molecular weight is 291 g/mol. The zero-order valence-electron chi connectivity index (χ0n) is 13.6. The lowest BCUT2D eigenvalue weighted by atomic mass is 9.81. The van der Waals surface area contributed by atoms with E-state index in [4.69, 9.17) is 0 Å². The van der Waals surface area contributed by atoms with Crippen molar-refractivity contribution in [2.45, 2.75) is 59.4 Å². The van der Waals surface area contributed by atoms with E-state index in [0.717, 1.165) is 19.0 Å². The summed E-state index contributed by atoms with van der Waals surface area (Å²) in [5.74, 6) is 2.57. The van der Waals surface area contributed by atoms with Crippen LogP contribution in [0.3, 0.4) is 0 Å². The summed E-state index contributed by atoms with van der Waals surface area (Å²) >= 11 is 0. The summed E-state index contributed by atoms with van der Waals surface area (Å²) in [4.78, 5) is 16.5. The molecule has 1 heterocycles.